The third-order valence-electron chi connectivity index (χ3n) is 3.88. The fourth-order valence-electron chi connectivity index (χ4n) is 2.82. The summed E-state index contributed by atoms with van der Waals surface area (Å²) in [5, 5.41) is 0. The molecule has 1 saturated carbocycles. The normalized spacial score (nSPS) is 18.0. The van der Waals surface area contributed by atoms with Crippen molar-refractivity contribution in [2.24, 2.45) is 5.73 Å². The van der Waals surface area contributed by atoms with Crippen LogP contribution in [0.5, 0.6) is 0 Å². The molecule has 1 fully saturated rings. The molecule has 1 amide bonds. The van der Waals surface area contributed by atoms with E-state index in [1.165, 1.54) is 24.8 Å². The summed E-state index contributed by atoms with van der Waals surface area (Å²) < 4.78 is 0. The Balaban J connectivity index is 2.11. The van der Waals surface area contributed by atoms with E-state index in [1.54, 1.807) is 6.92 Å². The summed E-state index contributed by atoms with van der Waals surface area (Å²) in [6, 6.07) is 10.1. The zero-order chi connectivity index (χ0) is 13.7. The molecule has 0 heterocycles. The van der Waals surface area contributed by atoms with Crippen LogP contribution >= 0.6 is 0 Å². The minimum absolute atomic E-state index is 0.0794. The third kappa shape index (κ3) is 3.80. The van der Waals surface area contributed by atoms with E-state index in [1.807, 2.05) is 23.1 Å². The number of carbonyl (C=O) groups excluding carboxylic acids is 1. The third-order valence-corrected chi connectivity index (χ3v) is 3.88. The van der Waals surface area contributed by atoms with Crippen LogP contribution < -0.4 is 5.73 Å². The Bertz CT molecular complexity index is 396. The summed E-state index contributed by atoms with van der Waals surface area (Å²) in [6.07, 6.45) is 5.98. The van der Waals surface area contributed by atoms with E-state index < -0.39 is 6.04 Å². The molecule has 19 heavy (non-hydrogen) atoms. The van der Waals surface area contributed by atoms with Crippen molar-refractivity contribution in [2.45, 2.75) is 57.7 Å². The Hall–Kier alpha value is -1.35. The van der Waals surface area contributed by atoms with Crippen LogP contribution in [0.3, 0.4) is 0 Å². The van der Waals surface area contributed by atoms with Crippen LogP contribution in [0.15, 0.2) is 30.3 Å². The average molecular weight is 260 g/mol. The number of nitrogens with two attached hydrogens (primary N) is 1. The maximum absolute atomic E-state index is 12.3. The highest BCUT2D eigenvalue weighted by Gasteiger charge is 2.27. The molecule has 0 aromatic heterocycles. The monoisotopic (exact) mass is 260 g/mol. The molecule has 0 aliphatic heterocycles. The Morgan fingerprint density at radius 1 is 1.26 bits per heavy atom. The quantitative estimate of drug-likeness (QED) is 0.904. The number of carbonyl (C=O) groups is 1. The van der Waals surface area contributed by atoms with Crippen molar-refractivity contribution in [2.75, 3.05) is 0 Å². The highest BCUT2D eigenvalue weighted by molar-refractivity contribution is 5.81. The molecule has 1 aliphatic rings. The largest absolute Gasteiger partial charge is 0.334 e. The minimum Gasteiger partial charge on any atom is -0.334 e. The van der Waals surface area contributed by atoms with Crippen molar-refractivity contribution in [1.82, 2.24) is 4.90 Å². The number of hydrogen-bond donors (Lipinski definition) is 1. The number of hydrogen-bond acceptors (Lipinski definition) is 2. The molecule has 3 heteroatoms. The van der Waals surface area contributed by atoms with Crippen LogP contribution in [0.4, 0.5) is 0 Å². The molecule has 1 atom stereocenters. The fourth-order valence-corrected chi connectivity index (χ4v) is 2.82. The molecular weight excluding hydrogens is 236 g/mol. The summed E-state index contributed by atoms with van der Waals surface area (Å²) in [4.78, 5) is 14.3. The van der Waals surface area contributed by atoms with Gasteiger partial charge in [-0.3, -0.25) is 4.79 Å². The second-order valence-electron chi connectivity index (χ2n) is 5.53. The average Bonchev–Trinajstić information content (AvgIpc) is 2.46. The first-order valence-corrected chi connectivity index (χ1v) is 7.28. The van der Waals surface area contributed by atoms with Crippen LogP contribution in [-0.4, -0.2) is 22.9 Å². The van der Waals surface area contributed by atoms with Crippen molar-refractivity contribution < 1.29 is 4.79 Å². The van der Waals surface area contributed by atoms with E-state index in [2.05, 4.69) is 12.1 Å². The van der Waals surface area contributed by atoms with Crippen molar-refractivity contribution in [3.63, 3.8) is 0 Å². The van der Waals surface area contributed by atoms with Gasteiger partial charge in [-0.1, -0.05) is 49.6 Å². The van der Waals surface area contributed by atoms with Gasteiger partial charge in [0, 0.05) is 12.6 Å². The molecular formula is C16H24N2O. The number of amides is 1. The lowest BCUT2D eigenvalue weighted by Gasteiger charge is -2.35. The summed E-state index contributed by atoms with van der Waals surface area (Å²) in [7, 11) is 0. The van der Waals surface area contributed by atoms with Gasteiger partial charge in [-0.2, -0.15) is 0 Å². The molecule has 104 valence electrons. The Morgan fingerprint density at radius 3 is 2.47 bits per heavy atom. The van der Waals surface area contributed by atoms with Gasteiger partial charge in [0.25, 0.3) is 0 Å². The molecule has 0 unspecified atom stereocenters. The molecule has 3 nitrogen and oxygen atoms in total. The first kappa shape index (κ1) is 14.1. The first-order chi connectivity index (χ1) is 9.18. The van der Waals surface area contributed by atoms with Crippen LogP contribution in [0.25, 0.3) is 0 Å². The molecule has 1 aromatic rings. The van der Waals surface area contributed by atoms with E-state index >= 15 is 0 Å². The standard InChI is InChI=1S/C16H24N2O/c1-13(17)16(19)18(15-10-6-3-7-11-15)12-14-8-4-2-5-9-14/h2,4-5,8-9,13,15H,3,6-7,10-12,17H2,1H3/t13-/m1/s1. The summed E-state index contributed by atoms with van der Waals surface area (Å²) in [5.41, 5.74) is 6.99. The first-order valence-electron chi connectivity index (χ1n) is 7.28. The van der Waals surface area contributed by atoms with Gasteiger partial charge in [-0.25, -0.2) is 0 Å². The zero-order valence-corrected chi connectivity index (χ0v) is 11.7. The molecule has 2 N–H and O–H groups in total. The smallest absolute Gasteiger partial charge is 0.239 e. The Morgan fingerprint density at radius 2 is 1.89 bits per heavy atom. The fraction of sp³-hybridized carbons (Fsp3) is 0.562. The number of rotatable bonds is 4. The van der Waals surface area contributed by atoms with E-state index in [0.717, 1.165) is 12.8 Å². The van der Waals surface area contributed by atoms with Gasteiger partial charge in [0.05, 0.1) is 6.04 Å². The predicted octanol–water partition coefficient (Wildman–Crippen LogP) is 2.70. The molecule has 1 aromatic carbocycles. The minimum atomic E-state index is -0.411. The zero-order valence-electron chi connectivity index (χ0n) is 11.7. The van der Waals surface area contributed by atoms with Gasteiger partial charge >= 0.3 is 0 Å². The summed E-state index contributed by atoms with van der Waals surface area (Å²) >= 11 is 0. The van der Waals surface area contributed by atoms with Gasteiger partial charge in [-0.05, 0) is 25.3 Å². The van der Waals surface area contributed by atoms with Crippen LogP contribution in [-0.2, 0) is 11.3 Å². The van der Waals surface area contributed by atoms with Crippen LogP contribution in [0.1, 0.15) is 44.6 Å². The Labute approximate surface area is 115 Å². The van der Waals surface area contributed by atoms with E-state index in [9.17, 15) is 4.79 Å². The lowest BCUT2D eigenvalue weighted by Crippen LogP contribution is -2.47. The molecule has 0 saturated heterocycles. The molecule has 0 spiro atoms. The molecule has 0 bridgehead atoms. The number of benzene rings is 1. The second kappa shape index (κ2) is 6.71. The highest BCUT2D eigenvalue weighted by Crippen LogP contribution is 2.24. The number of nitrogens with zero attached hydrogens (tertiary/aromatic N) is 1. The van der Waals surface area contributed by atoms with Crippen molar-refractivity contribution in [3.8, 4) is 0 Å². The van der Waals surface area contributed by atoms with E-state index in [4.69, 9.17) is 5.73 Å². The maximum Gasteiger partial charge on any atom is 0.239 e. The van der Waals surface area contributed by atoms with Gasteiger partial charge < -0.3 is 10.6 Å². The van der Waals surface area contributed by atoms with Gasteiger partial charge in [0.1, 0.15) is 0 Å². The van der Waals surface area contributed by atoms with Gasteiger partial charge in [0.15, 0.2) is 0 Å². The Kier molecular flexibility index (Phi) is 4.97. The van der Waals surface area contributed by atoms with Gasteiger partial charge in [-0.15, -0.1) is 0 Å². The predicted molar refractivity (Wildman–Crippen MR) is 77.5 cm³/mol. The van der Waals surface area contributed by atoms with Crippen molar-refractivity contribution >= 4 is 5.91 Å². The van der Waals surface area contributed by atoms with Crippen LogP contribution in [0, 0.1) is 0 Å². The lowest BCUT2D eigenvalue weighted by molar-refractivity contribution is -0.136. The SMILES string of the molecule is C[C@@H](N)C(=O)N(Cc1ccccc1)C1CCCCC1. The van der Waals surface area contributed by atoms with Crippen molar-refractivity contribution in [1.29, 1.82) is 0 Å². The second-order valence-corrected chi connectivity index (χ2v) is 5.53. The maximum atomic E-state index is 12.3. The van der Waals surface area contributed by atoms with Crippen molar-refractivity contribution in [3.05, 3.63) is 35.9 Å². The molecule has 1 aliphatic carbocycles. The molecule has 2 rings (SSSR count). The van der Waals surface area contributed by atoms with E-state index in [-0.39, 0.29) is 5.91 Å². The lowest BCUT2D eigenvalue weighted by atomic mass is 9.93. The molecule has 0 radical (unpaired) electrons. The van der Waals surface area contributed by atoms with E-state index in [0.29, 0.717) is 12.6 Å². The van der Waals surface area contributed by atoms with Crippen LogP contribution in [0.2, 0.25) is 0 Å². The highest BCUT2D eigenvalue weighted by atomic mass is 16.2. The topological polar surface area (TPSA) is 46.3 Å². The summed E-state index contributed by atoms with van der Waals surface area (Å²) in [6.45, 7) is 2.47. The summed E-state index contributed by atoms with van der Waals surface area (Å²) in [5.74, 6) is 0.0794. The van der Waals surface area contributed by atoms with Gasteiger partial charge in [0.2, 0.25) is 5.91 Å².